The molecule has 0 unspecified atom stereocenters. The van der Waals surface area contributed by atoms with E-state index in [4.69, 9.17) is 11.0 Å². The first-order valence-electron chi connectivity index (χ1n) is 7.29. The molecule has 1 aliphatic rings. The van der Waals surface area contributed by atoms with Gasteiger partial charge in [-0.25, -0.2) is 0 Å². The van der Waals surface area contributed by atoms with E-state index in [2.05, 4.69) is 0 Å². The van der Waals surface area contributed by atoms with Crippen LogP contribution in [0.1, 0.15) is 30.9 Å². The highest BCUT2D eigenvalue weighted by Gasteiger charge is 2.30. The Hall–Kier alpha value is -2.61. The second-order valence-electron chi connectivity index (χ2n) is 5.58. The number of rotatable bonds is 3. The summed E-state index contributed by atoms with van der Waals surface area (Å²) in [6, 6.07) is 9.14. The maximum absolute atomic E-state index is 12.3. The van der Waals surface area contributed by atoms with Crippen LogP contribution in [-0.2, 0) is 9.59 Å². The number of carbonyl (C=O) groups is 2. The van der Waals surface area contributed by atoms with Crippen LogP contribution in [0, 0.1) is 17.2 Å². The summed E-state index contributed by atoms with van der Waals surface area (Å²) in [5, 5.41) is 8.75. The summed E-state index contributed by atoms with van der Waals surface area (Å²) in [6.45, 7) is 2.36. The number of primary amides is 1. The summed E-state index contributed by atoms with van der Waals surface area (Å²) in [6.07, 6.45) is 4.73. The number of benzene rings is 1. The van der Waals surface area contributed by atoms with Gasteiger partial charge < -0.3 is 10.6 Å². The molecule has 0 aliphatic carbocycles. The van der Waals surface area contributed by atoms with Gasteiger partial charge in [0.1, 0.15) is 0 Å². The summed E-state index contributed by atoms with van der Waals surface area (Å²) >= 11 is 0. The molecule has 0 spiro atoms. The zero-order valence-electron chi connectivity index (χ0n) is 12.5. The van der Waals surface area contributed by atoms with Crippen molar-refractivity contribution in [3.05, 3.63) is 41.5 Å². The van der Waals surface area contributed by atoms with Gasteiger partial charge in [-0.3, -0.25) is 9.59 Å². The molecule has 2 rings (SSSR count). The van der Waals surface area contributed by atoms with E-state index >= 15 is 0 Å². The molecule has 1 aromatic rings. The van der Waals surface area contributed by atoms with E-state index in [1.807, 2.05) is 13.0 Å². The van der Waals surface area contributed by atoms with Crippen molar-refractivity contribution < 1.29 is 9.59 Å². The molecule has 2 atom stereocenters. The predicted molar refractivity (Wildman–Crippen MR) is 83.3 cm³/mol. The lowest BCUT2D eigenvalue weighted by Crippen LogP contribution is -2.48. The van der Waals surface area contributed by atoms with Gasteiger partial charge >= 0.3 is 0 Å². The number of amides is 2. The Balaban J connectivity index is 2.04. The van der Waals surface area contributed by atoms with Crippen LogP contribution in [0.5, 0.6) is 0 Å². The highest BCUT2D eigenvalue weighted by molar-refractivity contribution is 5.92. The third kappa shape index (κ3) is 3.73. The molecule has 0 bridgehead atoms. The summed E-state index contributed by atoms with van der Waals surface area (Å²) in [5.74, 6) is -0.730. The van der Waals surface area contributed by atoms with Crippen molar-refractivity contribution in [1.29, 1.82) is 5.26 Å². The third-order valence-corrected chi connectivity index (χ3v) is 4.03. The lowest BCUT2D eigenvalue weighted by molar-refractivity contribution is -0.133. The minimum absolute atomic E-state index is 0.105. The minimum Gasteiger partial charge on any atom is -0.369 e. The van der Waals surface area contributed by atoms with Crippen LogP contribution in [0.25, 0.3) is 6.08 Å². The number of piperidine rings is 1. The van der Waals surface area contributed by atoms with Gasteiger partial charge in [0.2, 0.25) is 11.8 Å². The summed E-state index contributed by atoms with van der Waals surface area (Å²) < 4.78 is 0. The minimum atomic E-state index is -0.347. The molecule has 0 saturated carbocycles. The molecule has 1 saturated heterocycles. The van der Waals surface area contributed by atoms with Gasteiger partial charge in [0, 0.05) is 18.7 Å². The molecule has 1 heterocycles. The van der Waals surface area contributed by atoms with E-state index in [-0.39, 0.29) is 23.8 Å². The molecular weight excluding hydrogens is 278 g/mol. The molecule has 5 heteroatoms. The fourth-order valence-corrected chi connectivity index (χ4v) is 2.58. The number of hydrogen-bond donors (Lipinski definition) is 1. The zero-order valence-corrected chi connectivity index (χ0v) is 12.5. The van der Waals surface area contributed by atoms with Crippen molar-refractivity contribution in [3.63, 3.8) is 0 Å². The number of likely N-dealkylation sites (tertiary alicyclic amines) is 1. The molecule has 1 fully saturated rings. The molecule has 0 radical (unpaired) electrons. The van der Waals surface area contributed by atoms with Crippen LogP contribution in [-0.4, -0.2) is 29.3 Å². The quantitative estimate of drug-likeness (QED) is 0.861. The Bertz CT molecular complexity index is 628. The van der Waals surface area contributed by atoms with Gasteiger partial charge in [-0.05, 0) is 43.5 Å². The van der Waals surface area contributed by atoms with Crippen LogP contribution in [0.3, 0.4) is 0 Å². The molecule has 2 N–H and O–H groups in total. The predicted octanol–water partition coefficient (Wildman–Crippen LogP) is 1.68. The summed E-state index contributed by atoms with van der Waals surface area (Å²) in [7, 11) is 0. The molecular formula is C17H19N3O2. The van der Waals surface area contributed by atoms with Crippen molar-refractivity contribution in [2.24, 2.45) is 11.7 Å². The highest BCUT2D eigenvalue weighted by Crippen LogP contribution is 2.22. The number of nitrogens with zero attached hydrogens (tertiary/aromatic N) is 2. The van der Waals surface area contributed by atoms with Crippen molar-refractivity contribution in [1.82, 2.24) is 4.90 Å². The molecule has 1 aliphatic heterocycles. The lowest BCUT2D eigenvalue weighted by Gasteiger charge is -2.36. The standard InChI is InChI=1S/C17H19N3O2/c1-12-2-8-15(17(19)22)11-20(12)16(21)9-7-13-3-5-14(10-18)6-4-13/h3-7,9,12,15H,2,8,11H2,1H3,(H2,19,22)/b9-7-/t12-,15-/m1/s1. The second kappa shape index (κ2) is 6.90. The molecule has 114 valence electrons. The van der Waals surface area contributed by atoms with Crippen LogP contribution >= 0.6 is 0 Å². The SMILES string of the molecule is C[C@@H]1CC[C@@H](C(N)=O)CN1C(=O)/C=C\c1ccc(C#N)cc1. The van der Waals surface area contributed by atoms with Gasteiger partial charge in [-0.15, -0.1) is 0 Å². The Morgan fingerprint density at radius 3 is 2.59 bits per heavy atom. The zero-order chi connectivity index (χ0) is 16.1. The fraction of sp³-hybridized carbons (Fsp3) is 0.353. The van der Waals surface area contributed by atoms with Crippen LogP contribution in [0.15, 0.2) is 30.3 Å². The van der Waals surface area contributed by atoms with E-state index in [0.29, 0.717) is 12.1 Å². The average Bonchev–Trinajstić information content (AvgIpc) is 2.53. The van der Waals surface area contributed by atoms with Crippen LogP contribution < -0.4 is 5.73 Å². The first kappa shape index (κ1) is 15.8. The van der Waals surface area contributed by atoms with Gasteiger partial charge in [0.15, 0.2) is 0 Å². The van der Waals surface area contributed by atoms with Crippen LogP contribution in [0.2, 0.25) is 0 Å². The Morgan fingerprint density at radius 2 is 2.00 bits per heavy atom. The first-order chi connectivity index (χ1) is 10.5. The number of nitrogens with two attached hydrogens (primary N) is 1. The van der Waals surface area contributed by atoms with E-state index in [9.17, 15) is 9.59 Å². The lowest BCUT2D eigenvalue weighted by atomic mass is 9.93. The third-order valence-electron chi connectivity index (χ3n) is 4.03. The van der Waals surface area contributed by atoms with Crippen molar-refractivity contribution in [3.8, 4) is 6.07 Å². The van der Waals surface area contributed by atoms with Crippen molar-refractivity contribution >= 4 is 17.9 Å². The van der Waals surface area contributed by atoms with E-state index in [0.717, 1.165) is 18.4 Å². The fourth-order valence-electron chi connectivity index (χ4n) is 2.58. The normalized spacial score (nSPS) is 21.5. The number of nitriles is 1. The number of hydrogen-bond acceptors (Lipinski definition) is 3. The Kier molecular flexibility index (Phi) is 4.95. The van der Waals surface area contributed by atoms with E-state index < -0.39 is 0 Å². The highest BCUT2D eigenvalue weighted by atomic mass is 16.2. The van der Waals surface area contributed by atoms with Gasteiger partial charge in [-0.2, -0.15) is 5.26 Å². The van der Waals surface area contributed by atoms with Gasteiger partial charge in [-0.1, -0.05) is 12.1 Å². The van der Waals surface area contributed by atoms with Gasteiger partial charge in [0.25, 0.3) is 0 Å². The molecule has 22 heavy (non-hydrogen) atoms. The average molecular weight is 297 g/mol. The van der Waals surface area contributed by atoms with E-state index in [1.54, 1.807) is 35.2 Å². The maximum Gasteiger partial charge on any atom is 0.246 e. The first-order valence-corrected chi connectivity index (χ1v) is 7.29. The van der Waals surface area contributed by atoms with Crippen molar-refractivity contribution in [2.75, 3.05) is 6.54 Å². The summed E-state index contributed by atoms with van der Waals surface area (Å²) in [5.41, 5.74) is 6.78. The summed E-state index contributed by atoms with van der Waals surface area (Å²) in [4.78, 5) is 25.3. The Labute approximate surface area is 130 Å². The molecule has 5 nitrogen and oxygen atoms in total. The van der Waals surface area contributed by atoms with E-state index in [1.165, 1.54) is 6.08 Å². The van der Waals surface area contributed by atoms with Crippen molar-refractivity contribution in [2.45, 2.75) is 25.8 Å². The number of carbonyl (C=O) groups excluding carboxylic acids is 2. The molecule has 2 amide bonds. The monoisotopic (exact) mass is 297 g/mol. The largest absolute Gasteiger partial charge is 0.369 e. The topological polar surface area (TPSA) is 87.2 Å². The van der Waals surface area contributed by atoms with Crippen LogP contribution in [0.4, 0.5) is 0 Å². The molecule has 1 aromatic carbocycles. The maximum atomic E-state index is 12.3. The smallest absolute Gasteiger partial charge is 0.246 e. The molecule has 0 aromatic heterocycles. The van der Waals surface area contributed by atoms with Gasteiger partial charge in [0.05, 0.1) is 17.6 Å². The second-order valence-corrected chi connectivity index (χ2v) is 5.58. The Morgan fingerprint density at radius 1 is 1.32 bits per heavy atom.